The monoisotopic (exact) mass is 244 g/mol. The predicted octanol–water partition coefficient (Wildman–Crippen LogP) is 2.57. The Labute approximate surface area is 101 Å². The molecule has 0 radical (unpaired) electrons. The molecule has 0 heterocycles. The van der Waals surface area contributed by atoms with Crippen LogP contribution in [0.3, 0.4) is 0 Å². The van der Waals surface area contributed by atoms with Crippen LogP contribution in [-0.4, -0.2) is 19.6 Å². The van der Waals surface area contributed by atoms with Crippen LogP contribution in [0.4, 0.5) is 4.39 Å². The molecule has 1 aromatic rings. The van der Waals surface area contributed by atoms with Crippen LogP contribution in [0, 0.1) is 5.82 Å². The lowest BCUT2D eigenvalue weighted by Gasteiger charge is -2.06. The average molecular weight is 245 g/mol. The van der Waals surface area contributed by atoms with Crippen LogP contribution in [0.15, 0.2) is 18.2 Å². The summed E-state index contributed by atoms with van der Waals surface area (Å²) in [5.41, 5.74) is 1.00. The summed E-state index contributed by atoms with van der Waals surface area (Å²) < 4.78 is 12.9. The summed E-state index contributed by atoms with van der Waals surface area (Å²) >= 11 is 5.68. The number of hydrogen-bond donors (Lipinski definition) is 2. The Morgan fingerprint density at radius 3 is 2.62 bits per heavy atom. The highest BCUT2D eigenvalue weighted by atomic mass is 35.5. The van der Waals surface area contributed by atoms with Crippen molar-refractivity contribution >= 4 is 11.6 Å². The van der Waals surface area contributed by atoms with E-state index in [4.69, 9.17) is 11.6 Å². The molecule has 0 saturated heterocycles. The summed E-state index contributed by atoms with van der Waals surface area (Å²) in [6.07, 6.45) is 1.15. The van der Waals surface area contributed by atoms with Gasteiger partial charge in [-0.2, -0.15) is 0 Å². The van der Waals surface area contributed by atoms with Gasteiger partial charge >= 0.3 is 0 Å². The summed E-state index contributed by atoms with van der Waals surface area (Å²) in [5.74, 6) is -0.366. The molecule has 90 valence electrons. The summed E-state index contributed by atoms with van der Waals surface area (Å²) in [4.78, 5) is 0. The molecular weight excluding hydrogens is 227 g/mol. The lowest BCUT2D eigenvalue weighted by Crippen LogP contribution is -2.27. The van der Waals surface area contributed by atoms with Crippen LogP contribution in [0.5, 0.6) is 0 Å². The van der Waals surface area contributed by atoms with Gasteiger partial charge in [0.25, 0.3) is 0 Å². The van der Waals surface area contributed by atoms with Gasteiger partial charge in [0.2, 0.25) is 0 Å². The first-order chi connectivity index (χ1) is 7.74. The summed E-state index contributed by atoms with van der Waals surface area (Å²) in [5, 5.41) is 6.74. The molecule has 0 aromatic heterocycles. The van der Waals surface area contributed by atoms with Crippen LogP contribution in [0.2, 0.25) is 5.02 Å². The standard InChI is InChI=1S/C12H18ClFN2/c1-2-5-15-6-7-16-9-10-3-4-12(14)11(13)8-10/h3-4,8,15-16H,2,5-7,9H2,1H3. The maximum Gasteiger partial charge on any atom is 0.141 e. The van der Waals surface area contributed by atoms with E-state index in [1.165, 1.54) is 6.07 Å². The number of hydrogen-bond acceptors (Lipinski definition) is 2. The lowest BCUT2D eigenvalue weighted by molar-refractivity contribution is 0.604. The number of benzene rings is 1. The number of nitrogens with one attached hydrogen (secondary N) is 2. The zero-order valence-corrected chi connectivity index (χ0v) is 10.3. The van der Waals surface area contributed by atoms with Crippen molar-refractivity contribution in [3.05, 3.63) is 34.6 Å². The van der Waals surface area contributed by atoms with Crippen LogP contribution in [-0.2, 0) is 6.54 Å². The van der Waals surface area contributed by atoms with E-state index >= 15 is 0 Å². The second-order valence-electron chi connectivity index (χ2n) is 3.68. The van der Waals surface area contributed by atoms with E-state index < -0.39 is 0 Å². The molecule has 0 atom stereocenters. The smallest absolute Gasteiger partial charge is 0.141 e. The van der Waals surface area contributed by atoms with Crippen molar-refractivity contribution in [3.8, 4) is 0 Å². The van der Waals surface area contributed by atoms with Gasteiger partial charge in [0.1, 0.15) is 5.82 Å². The molecule has 2 nitrogen and oxygen atoms in total. The van der Waals surface area contributed by atoms with E-state index in [-0.39, 0.29) is 10.8 Å². The normalized spacial score (nSPS) is 10.7. The van der Waals surface area contributed by atoms with Gasteiger partial charge in [-0.25, -0.2) is 4.39 Å². The first-order valence-corrected chi connectivity index (χ1v) is 5.97. The highest BCUT2D eigenvalue weighted by Gasteiger charge is 1.99. The number of halogens is 2. The number of rotatable bonds is 7. The molecule has 0 amide bonds. The van der Waals surface area contributed by atoms with Gasteiger partial charge < -0.3 is 10.6 Å². The molecule has 4 heteroatoms. The largest absolute Gasteiger partial charge is 0.315 e. The van der Waals surface area contributed by atoms with Crippen molar-refractivity contribution < 1.29 is 4.39 Å². The van der Waals surface area contributed by atoms with Crippen LogP contribution in [0.25, 0.3) is 0 Å². The first kappa shape index (κ1) is 13.4. The molecule has 0 aliphatic carbocycles. The second kappa shape index (κ2) is 7.60. The van der Waals surface area contributed by atoms with E-state index in [1.807, 2.05) is 0 Å². The Morgan fingerprint density at radius 1 is 1.19 bits per heavy atom. The van der Waals surface area contributed by atoms with Gasteiger partial charge in [0.15, 0.2) is 0 Å². The predicted molar refractivity (Wildman–Crippen MR) is 66.3 cm³/mol. The van der Waals surface area contributed by atoms with Crippen LogP contribution < -0.4 is 10.6 Å². The van der Waals surface area contributed by atoms with Gasteiger partial charge in [0.05, 0.1) is 5.02 Å². The Kier molecular flexibility index (Phi) is 6.38. The molecule has 1 aromatic carbocycles. The molecule has 1 rings (SSSR count). The third-order valence-corrected chi connectivity index (χ3v) is 2.51. The molecular formula is C12H18ClFN2. The maximum absolute atomic E-state index is 12.9. The SMILES string of the molecule is CCCNCCNCc1ccc(F)c(Cl)c1. The van der Waals surface area contributed by atoms with Crippen molar-refractivity contribution in [2.75, 3.05) is 19.6 Å². The molecule has 2 N–H and O–H groups in total. The highest BCUT2D eigenvalue weighted by Crippen LogP contribution is 2.15. The van der Waals surface area contributed by atoms with Gasteiger partial charge in [-0.05, 0) is 30.7 Å². The fourth-order valence-electron chi connectivity index (χ4n) is 1.36. The first-order valence-electron chi connectivity index (χ1n) is 5.59. The second-order valence-corrected chi connectivity index (χ2v) is 4.08. The molecule has 0 fully saturated rings. The minimum Gasteiger partial charge on any atom is -0.315 e. The summed E-state index contributed by atoms with van der Waals surface area (Å²) in [6, 6.07) is 4.80. The van der Waals surface area contributed by atoms with E-state index in [1.54, 1.807) is 12.1 Å². The highest BCUT2D eigenvalue weighted by molar-refractivity contribution is 6.30. The zero-order chi connectivity index (χ0) is 11.8. The van der Waals surface area contributed by atoms with Crippen molar-refractivity contribution in [1.29, 1.82) is 0 Å². The maximum atomic E-state index is 12.9. The fraction of sp³-hybridized carbons (Fsp3) is 0.500. The quantitative estimate of drug-likeness (QED) is 0.721. The average Bonchev–Trinajstić information content (AvgIpc) is 2.28. The Bertz CT molecular complexity index is 318. The Morgan fingerprint density at radius 2 is 1.94 bits per heavy atom. The van der Waals surface area contributed by atoms with E-state index in [9.17, 15) is 4.39 Å². The molecule has 0 aliphatic heterocycles. The molecule has 0 saturated carbocycles. The van der Waals surface area contributed by atoms with E-state index in [2.05, 4.69) is 17.6 Å². The molecule has 16 heavy (non-hydrogen) atoms. The Balaban J connectivity index is 2.19. The lowest BCUT2D eigenvalue weighted by atomic mass is 10.2. The topological polar surface area (TPSA) is 24.1 Å². The zero-order valence-electron chi connectivity index (χ0n) is 9.52. The van der Waals surface area contributed by atoms with Crippen LogP contribution >= 0.6 is 11.6 Å². The van der Waals surface area contributed by atoms with Gasteiger partial charge in [-0.15, -0.1) is 0 Å². The Hall–Kier alpha value is -0.640. The summed E-state index contributed by atoms with van der Waals surface area (Å²) in [6.45, 7) is 5.75. The van der Waals surface area contributed by atoms with Gasteiger partial charge in [-0.1, -0.05) is 24.6 Å². The van der Waals surface area contributed by atoms with Crippen molar-refractivity contribution in [3.63, 3.8) is 0 Å². The summed E-state index contributed by atoms with van der Waals surface area (Å²) in [7, 11) is 0. The fourth-order valence-corrected chi connectivity index (χ4v) is 1.56. The van der Waals surface area contributed by atoms with Crippen molar-refractivity contribution in [2.24, 2.45) is 0 Å². The van der Waals surface area contributed by atoms with E-state index in [0.29, 0.717) is 6.54 Å². The van der Waals surface area contributed by atoms with Gasteiger partial charge in [0, 0.05) is 19.6 Å². The molecule has 0 spiro atoms. The molecule has 0 unspecified atom stereocenters. The third kappa shape index (κ3) is 4.92. The van der Waals surface area contributed by atoms with E-state index in [0.717, 1.165) is 31.6 Å². The van der Waals surface area contributed by atoms with Crippen LogP contribution in [0.1, 0.15) is 18.9 Å². The molecule has 0 bridgehead atoms. The van der Waals surface area contributed by atoms with Crippen molar-refractivity contribution in [1.82, 2.24) is 10.6 Å². The minimum absolute atomic E-state index is 0.184. The van der Waals surface area contributed by atoms with Crippen molar-refractivity contribution in [2.45, 2.75) is 19.9 Å². The van der Waals surface area contributed by atoms with Gasteiger partial charge in [-0.3, -0.25) is 0 Å². The third-order valence-electron chi connectivity index (χ3n) is 2.22. The molecule has 0 aliphatic rings. The minimum atomic E-state index is -0.366.